The molecule has 0 radical (unpaired) electrons. The first-order chi connectivity index (χ1) is 13.5. The van der Waals surface area contributed by atoms with Crippen molar-refractivity contribution in [3.8, 4) is 0 Å². The number of benzene rings is 1. The lowest BCUT2D eigenvalue weighted by atomic mass is 9.87. The summed E-state index contributed by atoms with van der Waals surface area (Å²) in [4.78, 5) is 39.2. The molecule has 152 valence electrons. The Kier molecular flexibility index (Phi) is 6.60. The second-order valence-electron chi connectivity index (χ2n) is 7.70. The predicted molar refractivity (Wildman–Crippen MR) is 108 cm³/mol. The normalized spacial score (nSPS) is 23.9. The largest absolute Gasteiger partial charge is 0.352 e. The second kappa shape index (κ2) is 8.95. The van der Waals surface area contributed by atoms with E-state index < -0.39 is 17.5 Å². The molecule has 1 aliphatic heterocycles. The molecule has 1 aromatic carbocycles. The maximum atomic E-state index is 13.1. The van der Waals surface area contributed by atoms with Gasteiger partial charge in [-0.2, -0.15) is 0 Å². The number of imide groups is 1. The van der Waals surface area contributed by atoms with Crippen LogP contribution in [0.3, 0.4) is 0 Å². The van der Waals surface area contributed by atoms with Crippen LogP contribution in [0.1, 0.15) is 63.9 Å². The van der Waals surface area contributed by atoms with Gasteiger partial charge in [0, 0.05) is 11.1 Å². The van der Waals surface area contributed by atoms with Crippen LogP contribution in [0.5, 0.6) is 0 Å². The van der Waals surface area contributed by atoms with Gasteiger partial charge in [-0.15, -0.1) is 0 Å². The molecule has 3 rings (SSSR count). The van der Waals surface area contributed by atoms with Gasteiger partial charge in [-0.05, 0) is 37.0 Å². The third-order valence-corrected chi connectivity index (χ3v) is 6.07. The highest BCUT2D eigenvalue weighted by molar-refractivity contribution is 6.30. The molecule has 1 atom stereocenters. The zero-order valence-corrected chi connectivity index (χ0v) is 17.1. The molecule has 1 aliphatic carbocycles. The molecule has 1 saturated carbocycles. The van der Waals surface area contributed by atoms with Crippen molar-refractivity contribution in [2.75, 3.05) is 6.54 Å². The highest BCUT2D eigenvalue weighted by Gasteiger charge is 2.51. The molecule has 2 aliphatic rings. The van der Waals surface area contributed by atoms with Crippen LogP contribution in [0.2, 0.25) is 5.02 Å². The van der Waals surface area contributed by atoms with E-state index in [1.807, 2.05) is 6.92 Å². The molecule has 7 heteroatoms. The van der Waals surface area contributed by atoms with E-state index in [-0.39, 0.29) is 18.5 Å². The minimum absolute atomic E-state index is 0.126. The fourth-order valence-corrected chi connectivity index (χ4v) is 4.29. The van der Waals surface area contributed by atoms with Crippen molar-refractivity contribution in [3.05, 3.63) is 34.9 Å². The maximum absolute atomic E-state index is 13.1. The van der Waals surface area contributed by atoms with Crippen LogP contribution in [0.25, 0.3) is 0 Å². The lowest BCUT2D eigenvalue weighted by molar-refractivity contribution is -0.135. The summed E-state index contributed by atoms with van der Waals surface area (Å²) in [7, 11) is 0. The van der Waals surface area contributed by atoms with E-state index in [1.54, 1.807) is 24.3 Å². The van der Waals surface area contributed by atoms with E-state index in [2.05, 4.69) is 10.6 Å². The lowest BCUT2D eigenvalue weighted by Crippen LogP contribution is -2.46. The molecular formula is C21H28ClN3O3. The van der Waals surface area contributed by atoms with Gasteiger partial charge in [0.05, 0.1) is 0 Å². The number of hydrogen-bond acceptors (Lipinski definition) is 3. The first-order valence-electron chi connectivity index (χ1n) is 10.2. The van der Waals surface area contributed by atoms with Crippen molar-refractivity contribution in [1.82, 2.24) is 15.5 Å². The zero-order chi connectivity index (χ0) is 20.1. The molecular weight excluding hydrogens is 378 g/mol. The van der Waals surface area contributed by atoms with Crippen molar-refractivity contribution in [1.29, 1.82) is 0 Å². The van der Waals surface area contributed by atoms with Crippen LogP contribution in [-0.4, -0.2) is 35.3 Å². The number of carbonyl (C=O) groups is 3. The standard InChI is InChI=1S/C21H28ClN3O3/c1-2-21(15-10-12-16(22)13-11-15)19(27)25(20(28)24-21)14-18(26)23-17-8-6-4-3-5-7-9-17/h10-13,17H,2-9,14H2,1H3,(H,23,26)(H,24,28)/t21-/m1/s1. The van der Waals surface area contributed by atoms with Crippen LogP contribution in [0, 0.1) is 0 Å². The number of halogens is 1. The summed E-state index contributed by atoms with van der Waals surface area (Å²) >= 11 is 5.95. The van der Waals surface area contributed by atoms with Crippen LogP contribution < -0.4 is 10.6 Å². The fraction of sp³-hybridized carbons (Fsp3) is 0.571. The summed E-state index contributed by atoms with van der Waals surface area (Å²) in [6.07, 6.45) is 8.14. The topological polar surface area (TPSA) is 78.5 Å². The summed E-state index contributed by atoms with van der Waals surface area (Å²) in [5.74, 6) is -0.674. The van der Waals surface area contributed by atoms with Crippen LogP contribution in [-0.2, 0) is 15.1 Å². The average Bonchev–Trinajstić information content (AvgIpc) is 2.89. The Balaban J connectivity index is 1.68. The van der Waals surface area contributed by atoms with E-state index in [4.69, 9.17) is 11.6 Å². The Labute approximate surface area is 171 Å². The molecule has 2 fully saturated rings. The zero-order valence-electron chi connectivity index (χ0n) is 16.3. The molecule has 2 N–H and O–H groups in total. The van der Waals surface area contributed by atoms with E-state index in [0.717, 1.165) is 30.6 Å². The molecule has 28 heavy (non-hydrogen) atoms. The van der Waals surface area contributed by atoms with Gasteiger partial charge in [0.1, 0.15) is 12.1 Å². The number of nitrogens with zero attached hydrogens (tertiary/aromatic N) is 1. The molecule has 1 heterocycles. The van der Waals surface area contributed by atoms with Gasteiger partial charge < -0.3 is 10.6 Å². The van der Waals surface area contributed by atoms with Crippen molar-refractivity contribution in [2.45, 2.75) is 69.9 Å². The first-order valence-corrected chi connectivity index (χ1v) is 10.5. The Morgan fingerprint density at radius 2 is 1.75 bits per heavy atom. The van der Waals surface area contributed by atoms with E-state index in [0.29, 0.717) is 17.0 Å². The van der Waals surface area contributed by atoms with Gasteiger partial charge in [-0.1, -0.05) is 62.8 Å². The van der Waals surface area contributed by atoms with Gasteiger partial charge in [-0.3, -0.25) is 14.5 Å². The fourth-order valence-electron chi connectivity index (χ4n) is 4.16. The molecule has 1 aromatic rings. The van der Waals surface area contributed by atoms with Gasteiger partial charge in [-0.25, -0.2) is 4.79 Å². The third kappa shape index (κ3) is 4.32. The lowest BCUT2D eigenvalue weighted by Gasteiger charge is -2.26. The second-order valence-corrected chi connectivity index (χ2v) is 8.13. The Morgan fingerprint density at radius 3 is 2.36 bits per heavy atom. The van der Waals surface area contributed by atoms with E-state index in [1.165, 1.54) is 19.3 Å². The molecule has 0 spiro atoms. The number of rotatable bonds is 5. The van der Waals surface area contributed by atoms with Gasteiger partial charge in [0.25, 0.3) is 5.91 Å². The highest BCUT2D eigenvalue weighted by Crippen LogP contribution is 2.33. The Morgan fingerprint density at radius 1 is 1.14 bits per heavy atom. The van der Waals surface area contributed by atoms with E-state index >= 15 is 0 Å². The number of urea groups is 1. The molecule has 0 unspecified atom stereocenters. The molecule has 0 bridgehead atoms. The number of nitrogens with one attached hydrogen (secondary N) is 2. The van der Waals surface area contributed by atoms with Gasteiger partial charge in [0.2, 0.25) is 5.91 Å². The Bertz CT molecular complexity index is 729. The Hall–Kier alpha value is -2.08. The van der Waals surface area contributed by atoms with Crippen LogP contribution >= 0.6 is 11.6 Å². The van der Waals surface area contributed by atoms with Gasteiger partial charge >= 0.3 is 6.03 Å². The summed E-state index contributed by atoms with van der Waals surface area (Å²) in [5, 5.41) is 6.37. The van der Waals surface area contributed by atoms with Gasteiger partial charge in [0.15, 0.2) is 0 Å². The van der Waals surface area contributed by atoms with Crippen molar-refractivity contribution in [2.24, 2.45) is 0 Å². The van der Waals surface area contributed by atoms with Crippen LogP contribution in [0.15, 0.2) is 24.3 Å². The third-order valence-electron chi connectivity index (χ3n) is 5.82. The minimum atomic E-state index is -1.15. The van der Waals surface area contributed by atoms with Crippen molar-refractivity contribution < 1.29 is 14.4 Å². The highest BCUT2D eigenvalue weighted by atomic mass is 35.5. The number of hydrogen-bond donors (Lipinski definition) is 2. The predicted octanol–water partition coefficient (Wildman–Crippen LogP) is 3.73. The van der Waals surface area contributed by atoms with Crippen molar-refractivity contribution >= 4 is 29.4 Å². The number of carbonyl (C=O) groups excluding carboxylic acids is 3. The monoisotopic (exact) mass is 405 g/mol. The molecule has 4 amide bonds. The SMILES string of the molecule is CC[C@]1(c2ccc(Cl)cc2)NC(=O)N(CC(=O)NC2CCCCCCC2)C1=O. The summed E-state index contributed by atoms with van der Waals surface area (Å²) < 4.78 is 0. The van der Waals surface area contributed by atoms with Crippen molar-refractivity contribution in [3.63, 3.8) is 0 Å². The van der Waals surface area contributed by atoms with Crippen LogP contribution in [0.4, 0.5) is 4.79 Å². The summed E-state index contributed by atoms with van der Waals surface area (Å²) in [6.45, 7) is 1.58. The summed E-state index contributed by atoms with van der Waals surface area (Å²) in [5.41, 5.74) is -0.483. The van der Waals surface area contributed by atoms with E-state index in [9.17, 15) is 14.4 Å². The number of amides is 4. The summed E-state index contributed by atoms with van der Waals surface area (Å²) in [6, 6.07) is 6.45. The smallest absolute Gasteiger partial charge is 0.325 e. The molecule has 6 nitrogen and oxygen atoms in total. The molecule has 1 saturated heterocycles. The molecule has 0 aromatic heterocycles. The average molecular weight is 406 g/mol. The minimum Gasteiger partial charge on any atom is -0.352 e. The maximum Gasteiger partial charge on any atom is 0.325 e. The first kappa shape index (κ1) is 20.6. The quantitative estimate of drug-likeness (QED) is 0.732.